The minimum atomic E-state index is -0.113. The van der Waals surface area contributed by atoms with E-state index < -0.39 is 0 Å². The van der Waals surface area contributed by atoms with Gasteiger partial charge in [0.2, 0.25) is 0 Å². The van der Waals surface area contributed by atoms with Crippen LogP contribution in [-0.4, -0.2) is 17.3 Å². The summed E-state index contributed by atoms with van der Waals surface area (Å²) in [7, 11) is 0. The first-order valence-electron chi connectivity index (χ1n) is 6.52. The topological polar surface area (TPSA) is 51.2 Å². The molecule has 0 aromatic rings. The fourth-order valence-electron chi connectivity index (χ4n) is 3.13. The van der Waals surface area contributed by atoms with Gasteiger partial charge in [0.25, 0.3) is 0 Å². The zero-order valence-corrected chi connectivity index (χ0v) is 10.6. The van der Waals surface area contributed by atoms with Crippen LogP contribution in [0.2, 0.25) is 0 Å². The van der Waals surface area contributed by atoms with Gasteiger partial charge in [0.05, 0.1) is 0 Å². The fraction of sp³-hybridized carbons (Fsp3) is 0.118. The number of fused-ring (bicyclic) bond motifs is 4. The Kier molecular flexibility index (Phi) is 2.11. The third-order valence-electron chi connectivity index (χ3n) is 4.00. The van der Waals surface area contributed by atoms with E-state index in [1.54, 1.807) is 24.3 Å². The minimum absolute atomic E-state index is 0.0735. The standard InChI is InChI=1S/C17H10O3/c18-10-4-5-11-9(6-10)7-16(20)17-13-3-1-2-12(13)15(19)8-14(11)17/h1-3,5,7-8H,4,6H2. The Hall–Kier alpha value is -2.55. The lowest BCUT2D eigenvalue weighted by molar-refractivity contribution is -0.117. The van der Waals surface area contributed by atoms with Gasteiger partial charge in [0, 0.05) is 24.0 Å². The molecule has 0 aromatic heterocycles. The van der Waals surface area contributed by atoms with Gasteiger partial charge >= 0.3 is 0 Å². The average Bonchev–Trinajstić information content (AvgIpc) is 2.87. The normalized spacial score (nSPS) is 23.7. The summed E-state index contributed by atoms with van der Waals surface area (Å²) in [5.74, 6) is -0.0818. The summed E-state index contributed by atoms with van der Waals surface area (Å²) in [6, 6.07) is 0. The number of carbonyl (C=O) groups is 3. The van der Waals surface area contributed by atoms with E-state index in [0.717, 1.165) is 11.1 Å². The maximum absolute atomic E-state index is 12.4. The molecule has 4 aliphatic carbocycles. The SMILES string of the molecule is O=C1CC=C2C(=CC(=O)C3=C4C=CC=C4C(=O)C=C23)C1. The Balaban J connectivity index is 2.00. The number of hydrogen-bond donors (Lipinski definition) is 0. The Labute approximate surface area is 115 Å². The lowest BCUT2D eigenvalue weighted by Crippen LogP contribution is -2.23. The molecule has 0 saturated carbocycles. The predicted octanol–water partition coefficient (Wildman–Crippen LogP) is 2.09. The van der Waals surface area contributed by atoms with E-state index in [9.17, 15) is 14.4 Å². The second kappa shape index (κ2) is 3.73. The van der Waals surface area contributed by atoms with Gasteiger partial charge in [-0.25, -0.2) is 0 Å². The van der Waals surface area contributed by atoms with Crippen LogP contribution in [0.1, 0.15) is 12.8 Å². The second-order valence-corrected chi connectivity index (χ2v) is 5.22. The number of allylic oxidation sites excluding steroid dienone is 12. The van der Waals surface area contributed by atoms with Crippen molar-refractivity contribution in [3.8, 4) is 0 Å². The monoisotopic (exact) mass is 262 g/mol. The number of hydrogen-bond acceptors (Lipinski definition) is 3. The number of ketones is 3. The van der Waals surface area contributed by atoms with Crippen LogP contribution < -0.4 is 0 Å². The highest BCUT2D eigenvalue weighted by atomic mass is 16.1. The molecular formula is C17H10O3. The van der Waals surface area contributed by atoms with Crippen LogP contribution in [0.5, 0.6) is 0 Å². The Morgan fingerprint density at radius 3 is 2.60 bits per heavy atom. The van der Waals surface area contributed by atoms with Gasteiger partial charge in [-0.3, -0.25) is 14.4 Å². The molecule has 4 rings (SSSR count). The van der Waals surface area contributed by atoms with Gasteiger partial charge in [-0.15, -0.1) is 0 Å². The van der Waals surface area contributed by atoms with Crippen molar-refractivity contribution in [1.29, 1.82) is 0 Å². The van der Waals surface area contributed by atoms with E-state index in [4.69, 9.17) is 0 Å². The fourth-order valence-corrected chi connectivity index (χ4v) is 3.13. The van der Waals surface area contributed by atoms with Crippen molar-refractivity contribution in [2.45, 2.75) is 12.8 Å². The van der Waals surface area contributed by atoms with Crippen molar-refractivity contribution in [1.82, 2.24) is 0 Å². The van der Waals surface area contributed by atoms with Crippen molar-refractivity contribution in [3.63, 3.8) is 0 Å². The molecule has 0 N–H and O–H groups in total. The molecule has 20 heavy (non-hydrogen) atoms. The quantitative estimate of drug-likeness (QED) is 0.671. The van der Waals surface area contributed by atoms with Crippen molar-refractivity contribution < 1.29 is 14.4 Å². The van der Waals surface area contributed by atoms with E-state index in [2.05, 4.69) is 0 Å². The van der Waals surface area contributed by atoms with E-state index in [0.29, 0.717) is 28.7 Å². The maximum Gasteiger partial charge on any atom is 0.187 e. The van der Waals surface area contributed by atoms with Gasteiger partial charge in [-0.1, -0.05) is 24.3 Å². The Morgan fingerprint density at radius 2 is 1.75 bits per heavy atom. The molecule has 0 bridgehead atoms. The molecule has 0 heterocycles. The summed E-state index contributed by atoms with van der Waals surface area (Å²) in [5, 5.41) is 0. The predicted molar refractivity (Wildman–Crippen MR) is 72.8 cm³/mol. The highest BCUT2D eigenvalue weighted by Crippen LogP contribution is 2.42. The van der Waals surface area contributed by atoms with Crippen LogP contribution in [-0.2, 0) is 14.4 Å². The third kappa shape index (κ3) is 1.37. The summed E-state index contributed by atoms with van der Waals surface area (Å²) in [6.45, 7) is 0. The number of Topliss-reactive ketones (excluding diaryl/α,β-unsaturated/α-hetero) is 1. The Bertz CT molecular complexity index is 792. The third-order valence-corrected chi connectivity index (χ3v) is 4.00. The van der Waals surface area contributed by atoms with Crippen molar-refractivity contribution >= 4 is 17.3 Å². The molecule has 96 valence electrons. The summed E-state index contributed by atoms with van der Waals surface area (Å²) in [4.78, 5) is 36.0. The summed E-state index contributed by atoms with van der Waals surface area (Å²) in [6.07, 6.45) is 10.9. The number of carbonyl (C=O) groups excluding carboxylic acids is 3. The molecule has 0 saturated heterocycles. The molecule has 0 fully saturated rings. The molecule has 4 aliphatic rings. The van der Waals surface area contributed by atoms with Crippen molar-refractivity contribution in [3.05, 3.63) is 69.9 Å². The van der Waals surface area contributed by atoms with Gasteiger partial charge in [0.1, 0.15) is 5.78 Å². The first kappa shape index (κ1) is 11.3. The molecule has 0 aromatic carbocycles. The van der Waals surface area contributed by atoms with Gasteiger partial charge < -0.3 is 0 Å². The molecular weight excluding hydrogens is 252 g/mol. The van der Waals surface area contributed by atoms with E-state index >= 15 is 0 Å². The van der Waals surface area contributed by atoms with Gasteiger partial charge in [-0.2, -0.15) is 0 Å². The number of rotatable bonds is 0. The van der Waals surface area contributed by atoms with E-state index in [1.165, 1.54) is 6.08 Å². The average molecular weight is 262 g/mol. The Morgan fingerprint density at radius 1 is 0.900 bits per heavy atom. The maximum atomic E-state index is 12.4. The summed E-state index contributed by atoms with van der Waals surface area (Å²) < 4.78 is 0. The van der Waals surface area contributed by atoms with Crippen LogP contribution in [0.4, 0.5) is 0 Å². The highest BCUT2D eigenvalue weighted by molar-refractivity contribution is 6.22. The van der Waals surface area contributed by atoms with Crippen LogP contribution >= 0.6 is 0 Å². The summed E-state index contributed by atoms with van der Waals surface area (Å²) in [5.41, 5.74) is 4.19. The zero-order chi connectivity index (χ0) is 13.9. The molecule has 0 unspecified atom stereocenters. The van der Waals surface area contributed by atoms with Crippen LogP contribution in [0.3, 0.4) is 0 Å². The first-order valence-corrected chi connectivity index (χ1v) is 6.52. The first-order chi connectivity index (χ1) is 9.65. The second-order valence-electron chi connectivity index (χ2n) is 5.22. The molecule has 0 radical (unpaired) electrons. The lowest BCUT2D eigenvalue weighted by Gasteiger charge is -2.28. The smallest absolute Gasteiger partial charge is 0.187 e. The van der Waals surface area contributed by atoms with Crippen molar-refractivity contribution in [2.75, 3.05) is 0 Å². The molecule has 3 nitrogen and oxygen atoms in total. The molecule has 0 amide bonds. The zero-order valence-electron chi connectivity index (χ0n) is 10.6. The largest absolute Gasteiger partial charge is 0.299 e. The molecule has 0 spiro atoms. The molecule has 0 aliphatic heterocycles. The van der Waals surface area contributed by atoms with Gasteiger partial charge in [-0.05, 0) is 34.4 Å². The minimum Gasteiger partial charge on any atom is -0.299 e. The summed E-state index contributed by atoms with van der Waals surface area (Å²) >= 11 is 0. The molecule has 3 heteroatoms. The van der Waals surface area contributed by atoms with Gasteiger partial charge in [0.15, 0.2) is 11.6 Å². The van der Waals surface area contributed by atoms with Crippen molar-refractivity contribution in [2.24, 2.45) is 0 Å². The van der Waals surface area contributed by atoms with Crippen LogP contribution in [0, 0.1) is 0 Å². The molecule has 0 atom stereocenters. The van der Waals surface area contributed by atoms with E-state index in [1.807, 2.05) is 6.08 Å². The van der Waals surface area contributed by atoms with E-state index in [-0.39, 0.29) is 23.8 Å². The van der Waals surface area contributed by atoms with Crippen LogP contribution in [0.25, 0.3) is 0 Å². The van der Waals surface area contributed by atoms with Crippen LogP contribution in [0.15, 0.2) is 69.9 Å². The highest BCUT2D eigenvalue weighted by Gasteiger charge is 2.35. The lowest BCUT2D eigenvalue weighted by atomic mass is 9.73.